The monoisotopic (exact) mass is 275 g/mol. The summed E-state index contributed by atoms with van der Waals surface area (Å²) in [5, 5.41) is 1.15. The molecule has 3 aromatic rings. The van der Waals surface area contributed by atoms with Crippen molar-refractivity contribution < 1.29 is 0 Å². The molecule has 0 fully saturated rings. The molecule has 0 bridgehead atoms. The van der Waals surface area contributed by atoms with E-state index in [1.807, 2.05) is 12.1 Å². The highest BCUT2D eigenvalue weighted by Crippen LogP contribution is 2.29. The van der Waals surface area contributed by atoms with Crippen LogP contribution >= 0.6 is 0 Å². The minimum absolute atomic E-state index is 0.539. The molecular weight excluding hydrogens is 258 g/mol. The van der Waals surface area contributed by atoms with Gasteiger partial charge in [0, 0.05) is 25.0 Å². The highest BCUT2D eigenvalue weighted by molar-refractivity contribution is 5.84. The first kappa shape index (κ1) is 12.4. The summed E-state index contributed by atoms with van der Waals surface area (Å²) in [4.78, 5) is 7.13. The van der Waals surface area contributed by atoms with Crippen molar-refractivity contribution in [3.63, 3.8) is 0 Å². The highest BCUT2D eigenvalue weighted by atomic mass is 15.2. The predicted octanol–water partition coefficient (Wildman–Crippen LogP) is 3.21. The van der Waals surface area contributed by atoms with E-state index < -0.39 is 0 Å². The Morgan fingerprint density at radius 2 is 1.62 bits per heavy atom. The van der Waals surface area contributed by atoms with Gasteiger partial charge in [-0.15, -0.1) is 0 Å². The van der Waals surface area contributed by atoms with E-state index >= 15 is 0 Å². The number of pyridine rings is 1. The lowest BCUT2D eigenvalue weighted by molar-refractivity contribution is 0.858. The molecule has 0 radical (unpaired) electrons. The molecule has 0 saturated heterocycles. The zero-order valence-electron chi connectivity index (χ0n) is 11.8. The van der Waals surface area contributed by atoms with Crippen molar-refractivity contribution in [1.82, 2.24) is 4.98 Å². The number of para-hydroxylation sites is 1. The van der Waals surface area contributed by atoms with Crippen molar-refractivity contribution in [3.05, 3.63) is 71.3 Å². The second-order valence-corrected chi connectivity index (χ2v) is 5.49. The Morgan fingerprint density at radius 1 is 0.952 bits per heavy atom. The Morgan fingerprint density at radius 3 is 2.33 bits per heavy atom. The van der Waals surface area contributed by atoms with Gasteiger partial charge in [0.25, 0.3) is 0 Å². The van der Waals surface area contributed by atoms with Crippen LogP contribution in [0.4, 0.5) is 5.82 Å². The Kier molecular flexibility index (Phi) is 2.86. The summed E-state index contributed by atoms with van der Waals surface area (Å²) < 4.78 is 0. The standard InChI is InChI=1S/C18H17N3/c19-10-15-9-18(20-17-8-4-3-7-16(15)17)21-11-13-5-1-2-6-14(13)12-21/h1-9H,10-12,19H2. The fraction of sp³-hybridized carbons (Fsp3) is 0.167. The zero-order chi connectivity index (χ0) is 14.2. The SMILES string of the molecule is NCc1cc(N2Cc3ccccc3C2)nc2ccccc12. The largest absolute Gasteiger partial charge is 0.348 e. The molecule has 2 aromatic carbocycles. The highest BCUT2D eigenvalue weighted by Gasteiger charge is 2.20. The lowest BCUT2D eigenvalue weighted by Gasteiger charge is -2.18. The summed E-state index contributed by atoms with van der Waals surface area (Å²) in [5.41, 5.74) is 10.9. The van der Waals surface area contributed by atoms with Crippen molar-refractivity contribution >= 4 is 16.7 Å². The Bertz CT molecular complexity index is 785. The Labute approximate surface area is 124 Å². The van der Waals surface area contributed by atoms with E-state index in [0.717, 1.165) is 35.4 Å². The van der Waals surface area contributed by atoms with Gasteiger partial charge in [-0.2, -0.15) is 0 Å². The predicted molar refractivity (Wildman–Crippen MR) is 86.0 cm³/mol. The van der Waals surface area contributed by atoms with E-state index in [9.17, 15) is 0 Å². The second-order valence-electron chi connectivity index (χ2n) is 5.49. The van der Waals surface area contributed by atoms with E-state index in [2.05, 4.69) is 47.4 Å². The van der Waals surface area contributed by atoms with Crippen LogP contribution in [0.1, 0.15) is 16.7 Å². The summed E-state index contributed by atoms with van der Waals surface area (Å²) in [6, 6.07) is 18.9. The van der Waals surface area contributed by atoms with Crippen LogP contribution in [-0.2, 0) is 19.6 Å². The molecule has 0 saturated carbocycles. The van der Waals surface area contributed by atoms with Gasteiger partial charge in [-0.1, -0.05) is 42.5 Å². The topological polar surface area (TPSA) is 42.1 Å². The molecule has 1 aliphatic rings. The molecule has 3 nitrogen and oxygen atoms in total. The maximum atomic E-state index is 5.92. The van der Waals surface area contributed by atoms with Crippen LogP contribution < -0.4 is 10.6 Å². The molecule has 21 heavy (non-hydrogen) atoms. The molecule has 0 unspecified atom stereocenters. The summed E-state index contributed by atoms with van der Waals surface area (Å²) in [5.74, 6) is 1.02. The van der Waals surface area contributed by atoms with Crippen LogP contribution in [0.2, 0.25) is 0 Å². The number of benzene rings is 2. The van der Waals surface area contributed by atoms with Gasteiger partial charge < -0.3 is 10.6 Å². The molecule has 3 heteroatoms. The van der Waals surface area contributed by atoms with Crippen molar-refractivity contribution in [2.75, 3.05) is 4.90 Å². The summed E-state index contributed by atoms with van der Waals surface area (Å²) in [6.07, 6.45) is 0. The van der Waals surface area contributed by atoms with Gasteiger partial charge in [0.15, 0.2) is 0 Å². The first-order chi connectivity index (χ1) is 10.3. The molecule has 0 aliphatic carbocycles. The van der Waals surface area contributed by atoms with Crippen LogP contribution in [-0.4, -0.2) is 4.98 Å². The van der Waals surface area contributed by atoms with Crippen molar-refractivity contribution in [2.24, 2.45) is 5.73 Å². The van der Waals surface area contributed by atoms with Crippen LogP contribution in [0.25, 0.3) is 10.9 Å². The molecule has 1 aliphatic heterocycles. The number of fused-ring (bicyclic) bond motifs is 2. The van der Waals surface area contributed by atoms with Crippen molar-refractivity contribution in [1.29, 1.82) is 0 Å². The van der Waals surface area contributed by atoms with Crippen LogP contribution in [0.5, 0.6) is 0 Å². The lowest BCUT2D eigenvalue weighted by Crippen LogP contribution is -2.16. The minimum atomic E-state index is 0.539. The fourth-order valence-electron chi connectivity index (χ4n) is 3.06. The van der Waals surface area contributed by atoms with Gasteiger partial charge in [0.05, 0.1) is 5.52 Å². The molecule has 0 atom stereocenters. The Balaban J connectivity index is 1.78. The molecule has 0 spiro atoms. The van der Waals surface area contributed by atoms with Crippen LogP contribution in [0, 0.1) is 0 Å². The molecular formula is C18H17N3. The zero-order valence-corrected chi connectivity index (χ0v) is 11.8. The second kappa shape index (κ2) is 4.86. The van der Waals surface area contributed by atoms with Gasteiger partial charge >= 0.3 is 0 Å². The van der Waals surface area contributed by atoms with Crippen LogP contribution in [0.3, 0.4) is 0 Å². The molecule has 2 N–H and O–H groups in total. The third-order valence-corrected chi connectivity index (χ3v) is 4.17. The number of rotatable bonds is 2. The molecule has 4 rings (SSSR count). The fourth-order valence-corrected chi connectivity index (χ4v) is 3.06. The smallest absolute Gasteiger partial charge is 0.130 e. The van der Waals surface area contributed by atoms with Gasteiger partial charge in [-0.3, -0.25) is 0 Å². The molecule has 1 aromatic heterocycles. The lowest BCUT2D eigenvalue weighted by atomic mass is 10.1. The number of anilines is 1. The Hall–Kier alpha value is -2.39. The van der Waals surface area contributed by atoms with Crippen LogP contribution in [0.15, 0.2) is 54.6 Å². The van der Waals surface area contributed by atoms with Gasteiger partial charge in [-0.25, -0.2) is 4.98 Å². The maximum absolute atomic E-state index is 5.92. The normalized spacial score (nSPS) is 13.7. The first-order valence-electron chi connectivity index (χ1n) is 7.25. The van der Waals surface area contributed by atoms with E-state index in [0.29, 0.717) is 6.54 Å². The van der Waals surface area contributed by atoms with Crippen molar-refractivity contribution in [2.45, 2.75) is 19.6 Å². The number of nitrogens with two attached hydrogens (primary N) is 1. The van der Waals surface area contributed by atoms with E-state index in [4.69, 9.17) is 10.7 Å². The maximum Gasteiger partial charge on any atom is 0.130 e. The number of aromatic nitrogens is 1. The van der Waals surface area contributed by atoms with Gasteiger partial charge in [0.2, 0.25) is 0 Å². The first-order valence-corrected chi connectivity index (χ1v) is 7.25. The number of hydrogen-bond acceptors (Lipinski definition) is 3. The summed E-state index contributed by atoms with van der Waals surface area (Å²) in [7, 11) is 0. The number of nitrogens with zero attached hydrogens (tertiary/aromatic N) is 2. The molecule has 0 amide bonds. The van der Waals surface area contributed by atoms with Gasteiger partial charge in [0.1, 0.15) is 5.82 Å². The summed E-state index contributed by atoms with van der Waals surface area (Å²) >= 11 is 0. The molecule has 2 heterocycles. The molecule has 104 valence electrons. The third kappa shape index (κ3) is 2.06. The van der Waals surface area contributed by atoms with E-state index in [-0.39, 0.29) is 0 Å². The quantitative estimate of drug-likeness (QED) is 0.781. The van der Waals surface area contributed by atoms with E-state index in [1.54, 1.807) is 0 Å². The van der Waals surface area contributed by atoms with Gasteiger partial charge in [-0.05, 0) is 28.8 Å². The minimum Gasteiger partial charge on any atom is -0.348 e. The average molecular weight is 275 g/mol. The summed E-state index contributed by atoms with van der Waals surface area (Å²) in [6.45, 7) is 2.38. The number of hydrogen-bond donors (Lipinski definition) is 1. The van der Waals surface area contributed by atoms with Crippen molar-refractivity contribution in [3.8, 4) is 0 Å². The van der Waals surface area contributed by atoms with E-state index in [1.165, 1.54) is 11.1 Å². The average Bonchev–Trinajstić information content (AvgIpc) is 2.98. The third-order valence-electron chi connectivity index (χ3n) is 4.17.